The molecule has 1 aliphatic carbocycles. The summed E-state index contributed by atoms with van der Waals surface area (Å²) in [4.78, 5) is 0. The summed E-state index contributed by atoms with van der Waals surface area (Å²) in [6.07, 6.45) is 6.79. The highest BCUT2D eigenvalue weighted by atomic mass is 19.1. The second kappa shape index (κ2) is 6.20. The van der Waals surface area contributed by atoms with E-state index in [0.717, 1.165) is 31.7 Å². The molecule has 0 aliphatic heterocycles. The van der Waals surface area contributed by atoms with Gasteiger partial charge in [-0.1, -0.05) is 12.8 Å². The predicted octanol–water partition coefficient (Wildman–Crippen LogP) is 1.61. The maximum Gasteiger partial charge on any atom is 0.488 e. The Morgan fingerprint density at radius 1 is 1.06 bits per heavy atom. The normalized spacial score (nSPS) is 17.3. The van der Waals surface area contributed by atoms with Crippen molar-refractivity contribution < 1.29 is 19.2 Å². The van der Waals surface area contributed by atoms with Crippen molar-refractivity contribution in [2.75, 3.05) is 0 Å². The van der Waals surface area contributed by atoms with Crippen LogP contribution in [0.2, 0.25) is 0 Å². The fraction of sp³-hybridized carbons (Fsp3) is 0.538. The second-order valence-electron chi connectivity index (χ2n) is 4.83. The molecule has 1 saturated carbocycles. The van der Waals surface area contributed by atoms with Gasteiger partial charge < -0.3 is 14.8 Å². The molecule has 0 saturated heterocycles. The van der Waals surface area contributed by atoms with E-state index >= 15 is 0 Å². The van der Waals surface area contributed by atoms with Gasteiger partial charge in [0.2, 0.25) is 0 Å². The Balaban J connectivity index is 2.07. The Hall–Kier alpha value is -1.07. The lowest BCUT2D eigenvalue weighted by Gasteiger charge is -2.17. The van der Waals surface area contributed by atoms with Crippen LogP contribution in [0.1, 0.15) is 38.5 Å². The first-order chi connectivity index (χ1) is 8.65. The Labute approximate surface area is 107 Å². The highest BCUT2D eigenvalue weighted by molar-refractivity contribution is 6.58. The van der Waals surface area contributed by atoms with Crippen LogP contribution in [0.3, 0.4) is 0 Å². The van der Waals surface area contributed by atoms with Crippen LogP contribution in [0.25, 0.3) is 0 Å². The molecule has 2 rings (SSSR count). The van der Waals surface area contributed by atoms with Crippen molar-refractivity contribution >= 4 is 12.6 Å². The highest BCUT2D eigenvalue weighted by Crippen LogP contribution is 2.22. The van der Waals surface area contributed by atoms with Crippen LogP contribution in [-0.2, 0) is 0 Å². The Kier molecular flexibility index (Phi) is 4.61. The highest BCUT2D eigenvalue weighted by Gasteiger charge is 2.17. The summed E-state index contributed by atoms with van der Waals surface area (Å²) in [5.41, 5.74) is 0.124. The van der Waals surface area contributed by atoms with Gasteiger partial charge in [0.25, 0.3) is 0 Å². The van der Waals surface area contributed by atoms with Crippen molar-refractivity contribution in [3.63, 3.8) is 0 Å². The minimum Gasteiger partial charge on any atom is -0.490 e. The van der Waals surface area contributed by atoms with Gasteiger partial charge in [-0.05, 0) is 43.3 Å². The van der Waals surface area contributed by atoms with Gasteiger partial charge >= 0.3 is 7.12 Å². The molecule has 1 aliphatic rings. The van der Waals surface area contributed by atoms with Crippen LogP contribution >= 0.6 is 0 Å². The van der Waals surface area contributed by atoms with Gasteiger partial charge in [-0.25, -0.2) is 4.39 Å². The zero-order valence-corrected chi connectivity index (χ0v) is 10.3. The van der Waals surface area contributed by atoms with Gasteiger partial charge in [0.05, 0.1) is 6.10 Å². The Morgan fingerprint density at radius 2 is 1.72 bits per heavy atom. The molecular formula is C13H18BFO3. The van der Waals surface area contributed by atoms with E-state index in [1.54, 1.807) is 0 Å². The molecule has 0 unspecified atom stereocenters. The number of ether oxygens (including phenoxy) is 1. The molecule has 0 bridgehead atoms. The number of benzene rings is 1. The molecule has 1 aromatic carbocycles. The van der Waals surface area contributed by atoms with Gasteiger partial charge in [0.1, 0.15) is 11.6 Å². The lowest BCUT2D eigenvalue weighted by Crippen LogP contribution is -2.30. The number of hydrogen-bond acceptors (Lipinski definition) is 3. The summed E-state index contributed by atoms with van der Waals surface area (Å²) >= 11 is 0. The first kappa shape index (κ1) is 13.4. The molecule has 0 atom stereocenters. The molecule has 0 spiro atoms. The molecule has 0 amide bonds. The minimum absolute atomic E-state index is 0.109. The van der Waals surface area contributed by atoms with Crippen molar-refractivity contribution in [2.24, 2.45) is 0 Å². The summed E-state index contributed by atoms with van der Waals surface area (Å²) in [6.45, 7) is 0. The summed E-state index contributed by atoms with van der Waals surface area (Å²) in [6, 6.07) is 3.88. The third-order valence-electron chi connectivity index (χ3n) is 3.30. The molecule has 18 heavy (non-hydrogen) atoms. The third kappa shape index (κ3) is 3.72. The topological polar surface area (TPSA) is 49.7 Å². The molecule has 0 aromatic heterocycles. The van der Waals surface area contributed by atoms with Gasteiger partial charge in [-0.3, -0.25) is 0 Å². The summed E-state index contributed by atoms with van der Waals surface area (Å²) in [5, 5.41) is 18.1. The van der Waals surface area contributed by atoms with E-state index in [1.165, 1.54) is 25.0 Å². The summed E-state index contributed by atoms with van der Waals surface area (Å²) in [7, 11) is -1.67. The van der Waals surface area contributed by atoms with Crippen molar-refractivity contribution in [3.05, 3.63) is 24.0 Å². The van der Waals surface area contributed by atoms with E-state index in [2.05, 4.69) is 0 Å². The molecule has 2 N–H and O–H groups in total. The summed E-state index contributed by atoms with van der Waals surface area (Å²) in [5.74, 6) is -0.130. The average molecular weight is 252 g/mol. The quantitative estimate of drug-likeness (QED) is 0.634. The van der Waals surface area contributed by atoms with Crippen molar-refractivity contribution in [1.82, 2.24) is 0 Å². The van der Waals surface area contributed by atoms with Crippen molar-refractivity contribution in [3.8, 4) is 5.75 Å². The zero-order valence-electron chi connectivity index (χ0n) is 10.3. The molecule has 1 aromatic rings. The average Bonchev–Trinajstić information content (AvgIpc) is 2.57. The number of rotatable bonds is 3. The van der Waals surface area contributed by atoms with E-state index in [4.69, 9.17) is 14.8 Å². The number of halogens is 1. The zero-order chi connectivity index (χ0) is 13.0. The maximum atomic E-state index is 13.3. The smallest absolute Gasteiger partial charge is 0.488 e. The van der Waals surface area contributed by atoms with Crippen LogP contribution in [0.4, 0.5) is 4.39 Å². The number of hydrogen-bond donors (Lipinski definition) is 2. The fourth-order valence-electron chi connectivity index (χ4n) is 2.35. The standard InChI is InChI=1S/C13H18BFO3/c15-11-7-10(14(16)17)8-13(9-11)18-12-5-3-1-2-4-6-12/h7-9,12,16-17H,1-6H2. The van der Waals surface area contributed by atoms with Gasteiger partial charge in [0, 0.05) is 6.07 Å². The van der Waals surface area contributed by atoms with Crippen LogP contribution in [0.5, 0.6) is 5.75 Å². The van der Waals surface area contributed by atoms with Crippen LogP contribution in [-0.4, -0.2) is 23.3 Å². The third-order valence-corrected chi connectivity index (χ3v) is 3.30. The molecule has 98 valence electrons. The first-order valence-corrected chi connectivity index (χ1v) is 6.48. The lowest BCUT2D eigenvalue weighted by atomic mass is 9.80. The van der Waals surface area contributed by atoms with Crippen molar-refractivity contribution in [1.29, 1.82) is 0 Å². The molecule has 0 radical (unpaired) electrons. The van der Waals surface area contributed by atoms with Crippen molar-refractivity contribution in [2.45, 2.75) is 44.6 Å². The van der Waals surface area contributed by atoms with Gasteiger partial charge in [0.15, 0.2) is 0 Å². The molecular weight excluding hydrogens is 234 g/mol. The molecule has 1 fully saturated rings. The molecule has 0 heterocycles. The van der Waals surface area contributed by atoms with Crippen LogP contribution in [0.15, 0.2) is 18.2 Å². The van der Waals surface area contributed by atoms with Gasteiger partial charge in [-0.15, -0.1) is 0 Å². The monoisotopic (exact) mass is 252 g/mol. The van der Waals surface area contributed by atoms with Crippen LogP contribution < -0.4 is 10.2 Å². The lowest BCUT2D eigenvalue weighted by molar-refractivity contribution is 0.183. The largest absolute Gasteiger partial charge is 0.490 e. The van der Waals surface area contributed by atoms with E-state index in [9.17, 15) is 4.39 Å². The maximum absolute atomic E-state index is 13.3. The van der Waals surface area contributed by atoms with E-state index in [1.807, 2.05) is 0 Å². The predicted molar refractivity (Wildman–Crippen MR) is 68.3 cm³/mol. The fourth-order valence-corrected chi connectivity index (χ4v) is 2.35. The van der Waals surface area contributed by atoms with Gasteiger partial charge in [-0.2, -0.15) is 0 Å². The summed E-state index contributed by atoms with van der Waals surface area (Å²) < 4.78 is 19.1. The van der Waals surface area contributed by atoms with E-state index in [0.29, 0.717) is 5.75 Å². The SMILES string of the molecule is OB(O)c1cc(F)cc(OC2CCCCCC2)c1. The minimum atomic E-state index is -1.67. The Bertz CT molecular complexity index is 390. The molecule has 5 heteroatoms. The molecule has 3 nitrogen and oxygen atoms in total. The van der Waals surface area contributed by atoms with E-state index < -0.39 is 12.9 Å². The van der Waals surface area contributed by atoms with E-state index in [-0.39, 0.29) is 11.6 Å². The van der Waals surface area contributed by atoms with Crippen LogP contribution in [0, 0.1) is 5.82 Å². The Morgan fingerprint density at radius 3 is 2.33 bits per heavy atom. The first-order valence-electron chi connectivity index (χ1n) is 6.48. The second-order valence-corrected chi connectivity index (χ2v) is 4.83.